The Balaban J connectivity index is 2.95. The molecule has 0 aliphatic rings. The molecule has 2 N–H and O–H groups in total. The molecule has 0 saturated carbocycles. The van der Waals surface area contributed by atoms with Crippen molar-refractivity contribution in [2.24, 2.45) is 0 Å². The summed E-state index contributed by atoms with van der Waals surface area (Å²) in [6.45, 7) is 0.0178. The Morgan fingerprint density at radius 3 is 2.93 bits per heavy atom. The minimum absolute atomic E-state index is 0.00482. The van der Waals surface area contributed by atoms with Crippen LogP contribution in [0.25, 0.3) is 0 Å². The summed E-state index contributed by atoms with van der Waals surface area (Å²) < 4.78 is 0. The third-order valence-corrected chi connectivity index (χ3v) is 2.49. The Kier molecular flexibility index (Phi) is 4.32. The number of nitrogens with one attached hydrogen (secondary N) is 1. The molecule has 0 aliphatic heterocycles. The lowest BCUT2D eigenvalue weighted by molar-refractivity contribution is -0.385. The van der Waals surface area contributed by atoms with Crippen LogP contribution < -0.4 is 5.32 Å². The van der Waals surface area contributed by atoms with Gasteiger partial charge in [-0.25, -0.2) is 4.98 Å². The Hall–Kier alpha value is -1.34. The van der Waals surface area contributed by atoms with Crippen molar-refractivity contribution in [2.45, 2.75) is 5.03 Å². The van der Waals surface area contributed by atoms with E-state index in [9.17, 15) is 10.1 Å². The normalized spacial score (nSPS) is 10.0. The molecule has 0 saturated heterocycles. The highest BCUT2D eigenvalue weighted by Crippen LogP contribution is 2.23. The second-order valence-corrected chi connectivity index (χ2v) is 3.74. The van der Waals surface area contributed by atoms with Crippen LogP contribution in [0.5, 0.6) is 0 Å². The number of thioether (sulfide) groups is 1. The summed E-state index contributed by atoms with van der Waals surface area (Å²) >= 11 is 1.28. The maximum absolute atomic E-state index is 10.6. The number of anilines is 1. The molecule has 15 heavy (non-hydrogen) atoms. The second kappa shape index (κ2) is 5.52. The van der Waals surface area contributed by atoms with Gasteiger partial charge in [0.2, 0.25) is 0 Å². The predicted octanol–water partition coefficient (Wildman–Crippen LogP) is 1.12. The van der Waals surface area contributed by atoms with E-state index in [1.807, 2.05) is 0 Å². The molecule has 1 aromatic rings. The van der Waals surface area contributed by atoms with E-state index >= 15 is 0 Å². The van der Waals surface area contributed by atoms with Gasteiger partial charge in [-0.05, 0) is 0 Å². The molecule has 0 radical (unpaired) electrons. The zero-order chi connectivity index (χ0) is 11.3. The molecular formula is C8H11N3O3S. The van der Waals surface area contributed by atoms with Gasteiger partial charge in [0.15, 0.2) is 0 Å². The van der Waals surface area contributed by atoms with E-state index < -0.39 is 4.92 Å². The average molecular weight is 229 g/mol. The minimum Gasteiger partial charge on any atom is -0.396 e. The number of nitrogens with zero attached hydrogens (tertiary/aromatic N) is 2. The average Bonchev–Trinajstić information content (AvgIpc) is 2.25. The van der Waals surface area contributed by atoms with Gasteiger partial charge in [-0.1, -0.05) is 0 Å². The largest absolute Gasteiger partial charge is 0.396 e. The van der Waals surface area contributed by atoms with Crippen molar-refractivity contribution in [1.82, 2.24) is 4.98 Å². The fourth-order valence-electron chi connectivity index (χ4n) is 0.949. The molecule has 6 nitrogen and oxygen atoms in total. The first-order chi connectivity index (χ1) is 7.17. The van der Waals surface area contributed by atoms with Crippen LogP contribution in [-0.2, 0) is 0 Å². The van der Waals surface area contributed by atoms with Gasteiger partial charge >= 0.3 is 0 Å². The fourth-order valence-corrected chi connectivity index (χ4v) is 1.62. The molecular weight excluding hydrogens is 218 g/mol. The molecule has 1 rings (SSSR count). The first kappa shape index (κ1) is 11.7. The summed E-state index contributed by atoms with van der Waals surface area (Å²) in [5.41, 5.74) is -0.00482. The zero-order valence-corrected chi connectivity index (χ0v) is 8.95. The maximum Gasteiger partial charge on any atom is 0.275 e. The van der Waals surface area contributed by atoms with Crippen LogP contribution >= 0.6 is 11.8 Å². The highest BCUT2D eigenvalue weighted by molar-refractivity contribution is 7.99. The number of hydrogen-bond donors (Lipinski definition) is 2. The van der Waals surface area contributed by atoms with Crippen LogP contribution in [0.4, 0.5) is 11.5 Å². The molecule has 0 bridgehead atoms. The highest BCUT2D eigenvalue weighted by Gasteiger charge is 2.10. The summed E-state index contributed by atoms with van der Waals surface area (Å²) in [5.74, 6) is 0.918. The summed E-state index contributed by atoms with van der Waals surface area (Å²) in [7, 11) is 1.65. The van der Waals surface area contributed by atoms with E-state index in [2.05, 4.69) is 10.3 Å². The molecule has 0 spiro atoms. The van der Waals surface area contributed by atoms with Crippen molar-refractivity contribution < 1.29 is 10.0 Å². The van der Waals surface area contributed by atoms with Gasteiger partial charge in [-0.3, -0.25) is 10.1 Å². The van der Waals surface area contributed by atoms with E-state index in [0.29, 0.717) is 16.6 Å². The summed E-state index contributed by atoms with van der Waals surface area (Å²) in [6.07, 6.45) is 0. The topological polar surface area (TPSA) is 88.3 Å². The lowest BCUT2D eigenvalue weighted by atomic mass is 10.4. The zero-order valence-electron chi connectivity index (χ0n) is 8.14. The van der Waals surface area contributed by atoms with Gasteiger partial charge in [-0.15, -0.1) is 11.8 Å². The molecule has 82 valence electrons. The summed E-state index contributed by atoms with van der Waals surface area (Å²) in [4.78, 5) is 14.2. The van der Waals surface area contributed by atoms with Crippen LogP contribution in [-0.4, -0.2) is 34.4 Å². The SMILES string of the molecule is CNc1cc([N+](=O)[O-])cc(SCCO)n1. The molecule has 1 aromatic heterocycles. The number of nitro groups is 1. The summed E-state index contributed by atoms with van der Waals surface area (Å²) in [5, 5.41) is 22.5. The van der Waals surface area contributed by atoms with Crippen LogP contribution in [0.2, 0.25) is 0 Å². The van der Waals surface area contributed by atoms with Gasteiger partial charge in [0.1, 0.15) is 10.8 Å². The molecule has 0 amide bonds. The predicted molar refractivity (Wildman–Crippen MR) is 58.2 cm³/mol. The van der Waals surface area contributed by atoms with Gasteiger partial charge in [0, 0.05) is 18.9 Å². The molecule has 0 unspecified atom stereocenters. The number of rotatable bonds is 5. The molecule has 7 heteroatoms. The molecule has 0 fully saturated rings. The Bertz CT molecular complexity index is 359. The van der Waals surface area contributed by atoms with Gasteiger partial charge in [0.25, 0.3) is 5.69 Å². The van der Waals surface area contributed by atoms with Crippen molar-refractivity contribution in [3.8, 4) is 0 Å². The van der Waals surface area contributed by atoms with E-state index in [1.165, 1.54) is 23.9 Å². The molecule has 0 aromatic carbocycles. The van der Waals surface area contributed by atoms with Crippen molar-refractivity contribution in [3.63, 3.8) is 0 Å². The number of aromatic nitrogens is 1. The minimum atomic E-state index is -0.467. The number of aliphatic hydroxyl groups is 1. The van der Waals surface area contributed by atoms with Crippen LogP contribution in [0.3, 0.4) is 0 Å². The first-order valence-electron chi connectivity index (χ1n) is 4.25. The molecule has 0 aliphatic carbocycles. The van der Waals surface area contributed by atoms with E-state index in [-0.39, 0.29) is 12.3 Å². The monoisotopic (exact) mass is 229 g/mol. The van der Waals surface area contributed by atoms with Crippen molar-refractivity contribution >= 4 is 23.3 Å². The standard InChI is InChI=1S/C8H11N3O3S/c1-9-7-4-6(11(13)14)5-8(10-7)15-3-2-12/h4-5,12H,2-3H2,1H3,(H,9,10). The van der Waals surface area contributed by atoms with Crippen molar-refractivity contribution in [1.29, 1.82) is 0 Å². The fraction of sp³-hybridized carbons (Fsp3) is 0.375. The quantitative estimate of drug-likeness (QED) is 0.447. The Morgan fingerprint density at radius 1 is 1.67 bits per heavy atom. The lowest BCUT2D eigenvalue weighted by Gasteiger charge is -2.03. The van der Waals surface area contributed by atoms with E-state index in [4.69, 9.17) is 5.11 Å². The molecule has 0 atom stereocenters. The van der Waals surface area contributed by atoms with Gasteiger partial charge < -0.3 is 10.4 Å². The Morgan fingerprint density at radius 2 is 2.40 bits per heavy atom. The highest BCUT2D eigenvalue weighted by atomic mass is 32.2. The number of hydrogen-bond acceptors (Lipinski definition) is 6. The molecule has 1 heterocycles. The van der Waals surface area contributed by atoms with E-state index in [1.54, 1.807) is 7.05 Å². The smallest absolute Gasteiger partial charge is 0.275 e. The summed E-state index contributed by atoms with van der Waals surface area (Å²) in [6, 6.07) is 2.75. The second-order valence-electron chi connectivity index (χ2n) is 2.63. The van der Waals surface area contributed by atoms with Crippen molar-refractivity contribution in [2.75, 3.05) is 24.7 Å². The van der Waals surface area contributed by atoms with Crippen LogP contribution in [0.15, 0.2) is 17.2 Å². The van der Waals surface area contributed by atoms with E-state index in [0.717, 1.165) is 0 Å². The third-order valence-electron chi connectivity index (χ3n) is 1.59. The lowest BCUT2D eigenvalue weighted by Crippen LogP contribution is -1.97. The first-order valence-corrected chi connectivity index (χ1v) is 5.24. The van der Waals surface area contributed by atoms with Crippen LogP contribution in [0, 0.1) is 10.1 Å². The number of pyridine rings is 1. The van der Waals surface area contributed by atoms with Gasteiger partial charge in [0.05, 0.1) is 17.6 Å². The maximum atomic E-state index is 10.6. The third kappa shape index (κ3) is 3.37. The van der Waals surface area contributed by atoms with Crippen LogP contribution in [0.1, 0.15) is 0 Å². The van der Waals surface area contributed by atoms with Crippen molar-refractivity contribution in [3.05, 3.63) is 22.2 Å². The van der Waals surface area contributed by atoms with Gasteiger partial charge in [-0.2, -0.15) is 0 Å². The Labute approximate surface area is 90.9 Å². The number of aliphatic hydroxyl groups excluding tert-OH is 1.